The Labute approximate surface area is 115 Å². The van der Waals surface area contributed by atoms with Gasteiger partial charge in [-0.1, -0.05) is 12.1 Å². The molecule has 1 aromatic carbocycles. The highest BCUT2D eigenvalue weighted by Crippen LogP contribution is 2.16. The van der Waals surface area contributed by atoms with Crippen LogP contribution in [0.3, 0.4) is 0 Å². The molecule has 0 unspecified atom stereocenters. The fourth-order valence-electron chi connectivity index (χ4n) is 2.21. The third-order valence-electron chi connectivity index (χ3n) is 3.34. The standard InChI is InChI=1S/C15H13N3O2/c1-18-13-6-7-16-9-12(13)17-14(18)8-10-2-4-11(5-3-10)15(19)20/h2-7,9H,8H2,1H3,(H,19,20). The second-order valence-electron chi connectivity index (χ2n) is 4.63. The first-order valence-electron chi connectivity index (χ1n) is 6.22. The number of carboxylic acids is 1. The van der Waals surface area contributed by atoms with E-state index in [1.54, 1.807) is 24.5 Å². The molecule has 20 heavy (non-hydrogen) atoms. The molecule has 0 aliphatic heterocycles. The van der Waals surface area contributed by atoms with E-state index < -0.39 is 5.97 Å². The van der Waals surface area contributed by atoms with Crippen LogP contribution in [-0.4, -0.2) is 25.6 Å². The average Bonchev–Trinajstić information content (AvgIpc) is 2.77. The molecule has 0 saturated carbocycles. The summed E-state index contributed by atoms with van der Waals surface area (Å²) in [5.74, 6) is 0.0152. The Balaban J connectivity index is 1.92. The van der Waals surface area contributed by atoms with Crippen LogP contribution in [0.15, 0.2) is 42.7 Å². The van der Waals surface area contributed by atoms with Crippen LogP contribution in [0, 0.1) is 0 Å². The lowest BCUT2D eigenvalue weighted by Gasteiger charge is -2.03. The molecule has 100 valence electrons. The number of nitrogens with zero attached hydrogens (tertiary/aromatic N) is 3. The minimum absolute atomic E-state index is 0.294. The Morgan fingerprint density at radius 3 is 2.65 bits per heavy atom. The quantitative estimate of drug-likeness (QED) is 0.790. The second kappa shape index (κ2) is 4.77. The summed E-state index contributed by atoms with van der Waals surface area (Å²) in [6.07, 6.45) is 4.15. The Morgan fingerprint density at radius 1 is 1.25 bits per heavy atom. The number of benzene rings is 1. The van der Waals surface area contributed by atoms with E-state index in [1.807, 2.05) is 29.8 Å². The van der Waals surface area contributed by atoms with Crippen LogP contribution in [0.25, 0.3) is 11.0 Å². The first-order chi connectivity index (χ1) is 9.65. The van der Waals surface area contributed by atoms with Gasteiger partial charge in [0.2, 0.25) is 0 Å². The molecule has 2 heterocycles. The van der Waals surface area contributed by atoms with Crippen LogP contribution < -0.4 is 0 Å². The van der Waals surface area contributed by atoms with Gasteiger partial charge in [-0.25, -0.2) is 9.78 Å². The van der Waals surface area contributed by atoms with Gasteiger partial charge in [-0.05, 0) is 23.8 Å². The summed E-state index contributed by atoms with van der Waals surface area (Å²) in [6, 6.07) is 8.80. The fraction of sp³-hybridized carbons (Fsp3) is 0.133. The number of fused-ring (bicyclic) bond motifs is 1. The zero-order valence-electron chi connectivity index (χ0n) is 10.9. The van der Waals surface area contributed by atoms with Gasteiger partial charge in [-0.2, -0.15) is 0 Å². The molecule has 0 aliphatic carbocycles. The van der Waals surface area contributed by atoms with Gasteiger partial charge in [0.15, 0.2) is 0 Å². The van der Waals surface area contributed by atoms with Crippen LogP contribution in [0.4, 0.5) is 0 Å². The van der Waals surface area contributed by atoms with E-state index in [2.05, 4.69) is 9.97 Å². The number of carboxylic acid groups (broad SMARTS) is 1. The van der Waals surface area contributed by atoms with E-state index in [-0.39, 0.29) is 0 Å². The minimum atomic E-state index is -0.912. The Kier molecular flexibility index (Phi) is 2.95. The van der Waals surface area contributed by atoms with Crippen LogP contribution >= 0.6 is 0 Å². The van der Waals surface area contributed by atoms with Crippen molar-refractivity contribution >= 4 is 17.0 Å². The van der Waals surface area contributed by atoms with Gasteiger partial charge in [-0.3, -0.25) is 4.98 Å². The van der Waals surface area contributed by atoms with Crippen molar-refractivity contribution < 1.29 is 9.90 Å². The van der Waals surface area contributed by atoms with Gasteiger partial charge in [0, 0.05) is 19.7 Å². The molecular formula is C15H13N3O2. The molecule has 0 aliphatic rings. The molecule has 3 rings (SSSR count). The SMILES string of the molecule is Cn1c(Cc2ccc(C(=O)O)cc2)nc2cnccc21. The number of aryl methyl sites for hydroxylation is 1. The van der Waals surface area contributed by atoms with Gasteiger partial charge in [0.1, 0.15) is 11.3 Å². The van der Waals surface area contributed by atoms with Crippen molar-refractivity contribution in [3.05, 3.63) is 59.7 Å². The van der Waals surface area contributed by atoms with Crippen LogP contribution in [-0.2, 0) is 13.5 Å². The van der Waals surface area contributed by atoms with Crippen molar-refractivity contribution in [3.63, 3.8) is 0 Å². The van der Waals surface area contributed by atoms with Crippen LogP contribution in [0.2, 0.25) is 0 Å². The maximum atomic E-state index is 10.8. The first kappa shape index (κ1) is 12.3. The number of hydrogen-bond donors (Lipinski definition) is 1. The maximum absolute atomic E-state index is 10.8. The van der Waals surface area contributed by atoms with Crippen molar-refractivity contribution in [2.45, 2.75) is 6.42 Å². The molecule has 1 N–H and O–H groups in total. The normalized spacial score (nSPS) is 10.8. The summed E-state index contributed by atoms with van der Waals surface area (Å²) >= 11 is 0. The van der Waals surface area contributed by atoms with E-state index in [9.17, 15) is 4.79 Å². The fourth-order valence-corrected chi connectivity index (χ4v) is 2.21. The summed E-state index contributed by atoms with van der Waals surface area (Å²) in [7, 11) is 1.97. The summed E-state index contributed by atoms with van der Waals surface area (Å²) in [4.78, 5) is 19.4. The molecule has 0 atom stereocenters. The summed E-state index contributed by atoms with van der Waals surface area (Å²) in [6.45, 7) is 0. The van der Waals surface area contributed by atoms with Gasteiger partial charge >= 0.3 is 5.97 Å². The topological polar surface area (TPSA) is 68.0 Å². The van der Waals surface area contributed by atoms with Crippen molar-refractivity contribution in [1.29, 1.82) is 0 Å². The molecule has 0 fully saturated rings. The van der Waals surface area contributed by atoms with Crippen molar-refractivity contribution in [2.24, 2.45) is 7.05 Å². The maximum Gasteiger partial charge on any atom is 0.335 e. The molecule has 2 aromatic heterocycles. The number of rotatable bonds is 3. The van der Waals surface area contributed by atoms with E-state index >= 15 is 0 Å². The highest BCUT2D eigenvalue weighted by Gasteiger charge is 2.09. The van der Waals surface area contributed by atoms with Crippen molar-refractivity contribution in [3.8, 4) is 0 Å². The highest BCUT2D eigenvalue weighted by molar-refractivity contribution is 5.87. The third-order valence-corrected chi connectivity index (χ3v) is 3.34. The van der Waals surface area contributed by atoms with Crippen molar-refractivity contribution in [1.82, 2.24) is 14.5 Å². The lowest BCUT2D eigenvalue weighted by molar-refractivity contribution is 0.0697. The zero-order valence-corrected chi connectivity index (χ0v) is 10.9. The molecule has 0 radical (unpaired) electrons. The monoisotopic (exact) mass is 267 g/mol. The Morgan fingerprint density at radius 2 is 2.00 bits per heavy atom. The average molecular weight is 267 g/mol. The van der Waals surface area contributed by atoms with E-state index in [1.165, 1.54) is 0 Å². The van der Waals surface area contributed by atoms with Gasteiger partial charge < -0.3 is 9.67 Å². The van der Waals surface area contributed by atoms with E-state index in [0.717, 1.165) is 22.4 Å². The number of carbonyl (C=O) groups is 1. The van der Waals surface area contributed by atoms with Crippen molar-refractivity contribution in [2.75, 3.05) is 0 Å². The molecular weight excluding hydrogens is 254 g/mol. The van der Waals surface area contributed by atoms with Gasteiger partial charge in [0.25, 0.3) is 0 Å². The number of imidazole rings is 1. The van der Waals surface area contributed by atoms with Crippen LogP contribution in [0.1, 0.15) is 21.7 Å². The molecule has 5 nitrogen and oxygen atoms in total. The Hall–Kier alpha value is -2.69. The number of pyridine rings is 1. The molecule has 3 aromatic rings. The van der Waals surface area contributed by atoms with Crippen LogP contribution in [0.5, 0.6) is 0 Å². The molecule has 0 bridgehead atoms. The zero-order chi connectivity index (χ0) is 14.1. The summed E-state index contributed by atoms with van der Waals surface area (Å²) < 4.78 is 2.03. The lowest BCUT2D eigenvalue weighted by atomic mass is 10.1. The molecule has 5 heteroatoms. The largest absolute Gasteiger partial charge is 0.478 e. The summed E-state index contributed by atoms with van der Waals surface area (Å²) in [5.41, 5.74) is 3.23. The van der Waals surface area contributed by atoms with E-state index in [0.29, 0.717) is 12.0 Å². The Bertz CT molecular complexity index is 775. The predicted octanol–water partition coefficient (Wildman–Crippen LogP) is 2.26. The molecule has 0 spiro atoms. The minimum Gasteiger partial charge on any atom is -0.478 e. The number of aromatic nitrogens is 3. The molecule has 0 saturated heterocycles. The third kappa shape index (κ3) is 2.14. The first-order valence-corrected chi connectivity index (χ1v) is 6.22. The van der Waals surface area contributed by atoms with E-state index in [4.69, 9.17) is 5.11 Å². The van der Waals surface area contributed by atoms with Gasteiger partial charge in [0.05, 0.1) is 17.3 Å². The highest BCUT2D eigenvalue weighted by atomic mass is 16.4. The number of hydrogen-bond acceptors (Lipinski definition) is 3. The lowest BCUT2D eigenvalue weighted by Crippen LogP contribution is -2.00. The smallest absolute Gasteiger partial charge is 0.335 e. The summed E-state index contributed by atoms with van der Waals surface area (Å²) in [5, 5.41) is 8.88. The second-order valence-corrected chi connectivity index (χ2v) is 4.63. The molecule has 0 amide bonds. The van der Waals surface area contributed by atoms with Gasteiger partial charge in [-0.15, -0.1) is 0 Å². The number of aromatic carboxylic acids is 1. The predicted molar refractivity (Wildman–Crippen MR) is 74.7 cm³/mol.